The van der Waals surface area contributed by atoms with Crippen LogP contribution in [0.25, 0.3) is 5.95 Å². The molecule has 0 aliphatic rings. The van der Waals surface area contributed by atoms with Gasteiger partial charge in [-0.15, -0.1) is 11.8 Å². The summed E-state index contributed by atoms with van der Waals surface area (Å²) < 4.78 is 1.70. The van der Waals surface area contributed by atoms with E-state index in [9.17, 15) is 4.79 Å². The van der Waals surface area contributed by atoms with Gasteiger partial charge in [0, 0.05) is 39.7 Å². The fraction of sp³-hybridized carbons (Fsp3) is 0.318. The molecule has 0 atom stereocenters. The molecule has 3 rings (SSSR count). The van der Waals surface area contributed by atoms with Crippen LogP contribution in [0.15, 0.2) is 35.2 Å². The van der Waals surface area contributed by atoms with E-state index in [4.69, 9.17) is 5.26 Å². The highest BCUT2D eigenvalue weighted by Crippen LogP contribution is 2.28. The summed E-state index contributed by atoms with van der Waals surface area (Å²) in [5.74, 6) is 1.08. The second kappa shape index (κ2) is 9.55. The number of hydrogen-bond donors (Lipinski definition) is 1. The number of anilines is 1. The van der Waals surface area contributed by atoms with Gasteiger partial charge in [0.1, 0.15) is 0 Å². The monoisotopic (exact) mass is 420 g/mol. The van der Waals surface area contributed by atoms with Crippen molar-refractivity contribution in [2.24, 2.45) is 0 Å². The molecule has 1 N–H and O–H groups in total. The van der Waals surface area contributed by atoms with Crippen LogP contribution in [-0.2, 0) is 11.2 Å². The summed E-state index contributed by atoms with van der Waals surface area (Å²) in [6, 6.07) is 11.7. The number of thioether (sulfide) groups is 1. The molecule has 8 heteroatoms. The SMILES string of the molecule is Cc1cc(C)nc(-n2nc(C)c(CC(=O)Nc3ccccc3SCCC#N)c2C)n1. The topological polar surface area (TPSA) is 96.5 Å². The lowest BCUT2D eigenvalue weighted by molar-refractivity contribution is -0.115. The molecule has 0 radical (unpaired) electrons. The van der Waals surface area contributed by atoms with Crippen LogP contribution in [0.3, 0.4) is 0 Å². The summed E-state index contributed by atoms with van der Waals surface area (Å²) in [6.45, 7) is 7.66. The number of nitrogens with one attached hydrogen (secondary N) is 1. The van der Waals surface area contributed by atoms with Crippen LogP contribution in [-0.4, -0.2) is 31.4 Å². The van der Waals surface area contributed by atoms with Crippen LogP contribution in [0.4, 0.5) is 5.69 Å². The summed E-state index contributed by atoms with van der Waals surface area (Å²) in [7, 11) is 0. The van der Waals surface area contributed by atoms with Gasteiger partial charge in [-0.25, -0.2) is 14.6 Å². The average Bonchev–Trinajstić information content (AvgIpc) is 2.97. The molecule has 7 nitrogen and oxygen atoms in total. The molecule has 0 spiro atoms. The lowest BCUT2D eigenvalue weighted by Gasteiger charge is -2.10. The van der Waals surface area contributed by atoms with Crippen molar-refractivity contribution in [3.8, 4) is 12.0 Å². The van der Waals surface area contributed by atoms with Crippen molar-refractivity contribution < 1.29 is 4.79 Å². The second-order valence-electron chi connectivity index (χ2n) is 6.99. The third-order valence-electron chi connectivity index (χ3n) is 4.57. The lowest BCUT2D eigenvalue weighted by Crippen LogP contribution is -2.16. The first-order valence-electron chi connectivity index (χ1n) is 9.65. The van der Waals surface area contributed by atoms with E-state index in [1.54, 1.807) is 16.4 Å². The maximum Gasteiger partial charge on any atom is 0.251 e. The van der Waals surface area contributed by atoms with Gasteiger partial charge < -0.3 is 5.32 Å². The fourth-order valence-corrected chi connectivity index (χ4v) is 4.05. The van der Waals surface area contributed by atoms with Gasteiger partial charge in [0.05, 0.1) is 23.9 Å². The molecule has 1 aromatic carbocycles. The summed E-state index contributed by atoms with van der Waals surface area (Å²) in [5.41, 5.74) is 4.99. The van der Waals surface area contributed by atoms with Gasteiger partial charge in [0.25, 0.3) is 5.95 Å². The van der Waals surface area contributed by atoms with E-state index >= 15 is 0 Å². The molecule has 0 aliphatic carbocycles. The van der Waals surface area contributed by atoms with Crippen molar-refractivity contribution >= 4 is 23.4 Å². The standard InChI is InChI=1S/C22H24N6OS/c1-14-12-15(2)25-22(24-14)28-17(4)18(16(3)27-28)13-21(29)26-19-8-5-6-9-20(19)30-11-7-10-23/h5-6,8-9,12H,7,11,13H2,1-4H3,(H,26,29). The highest BCUT2D eigenvalue weighted by Gasteiger charge is 2.18. The van der Waals surface area contributed by atoms with Crippen LogP contribution >= 0.6 is 11.8 Å². The van der Waals surface area contributed by atoms with Crippen LogP contribution in [0.5, 0.6) is 0 Å². The van der Waals surface area contributed by atoms with Crippen molar-refractivity contribution in [2.75, 3.05) is 11.1 Å². The summed E-state index contributed by atoms with van der Waals surface area (Å²) >= 11 is 1.56. The number of para-hydroxylation sites is 1. The second-order valence-corrected chi connectivity index (χ2v) is 8.13. The van der Waals surface area contributed by atoms with E-state index in [1.807, 2.05) is 58.0 Å². The van der Waals surface area contributed by atoms with E-state index in [1.165, 1.54) is 0 Å². The van der Waals surface area contributed by atoms with Gasteiger partial charge in [-0.1, -0.05) is 12.1 Å². The first kappa shape index (κ1) is 21.5. The Hall–Kier alpha value is -3.18. The number of nitrogens with zero attached hydrogens (tertiary/aromatic N) is 5. The number of rotatable bonds is 7. The minimum absolute atomic E-state index is 0.115. The molecule has 2 aromatic heterocycles. The zero-order valence-electron chi connectivity index (χ0n) is 17.6. The summed E-state index contributed by atoms with van der Waals surface area (Å²) in [6.07, 6.45) is 0.671. The van der Waals surface area contributed by atoms with Gasteiger partial charge in [-0.3, -0.25) is 4.79 Å². The summed E-state index contributed by atoms with van der Waals surface area (Å²) in [5, 5.41) is 16.3. The molecular formula is C22H24N6OS. The van der Waals surface area contributed by atoms with Crippen molar-refractivity contribution in [3.05, 3.63) is 58.7 Å². The van der Waals surface area contributed by atoms with Crippen LogP contribution in [0.2, 0.25) is 0 Å². The molecule has 0 unspecified atom stereocenters. The van der Waals surface area contributed by atoms with E-state index < -0.39 is 0 Å². The lowest BCUT2D eigenvalue weighted by atomic mass is 10.1. The zero-order valence-corrected chi connectivity index (χ0v) is 18.4. The smallest absolute Gasteiger partial charge is 0.251 e. The van der Waals surface area contributed by atoms with Crippen molar-refractivity contribution in [1.29, 1.82) is 5.26 Å². The Bertz CT molecular complexity index is 1100. The van der Waals surface area contributed by atoms with Gasteiger partial charge in [-0.05, 0) is 45.9 Å². The van der Waals surface area contributed by atoms with Crippen molar-refractivity contribution in [1.82, 2.24) is 19.7 Å². The molecule has 2 heterocycles. The molecule has 0 aliphatic heterocycles. The van der Waals surface area contributed by atoms with E-state index in [0.29, 0.717) is 18.1 Å². The number of carbonyl (C=O) groups is 1. The number of aryl methyl sites for hydroxylation is 3. The highest BCUT2D eigenvalue weighted by molar-refractivity contribution is 7.99. The Morgan fingerprint density at radius 3 is 2.57 bits per heavy atom. The van der Waals surface area contributed by atoms with Crippen LogP contribution < -0.4 is 5.32 Å². The first-order valence-corrected chi connectivity index (χ1v) is 10.6. The molecule has 30 heavy (non-hydrogen) atoms. The highest BCUT2D eigenvalue weighted by atomic mass is 32.2. The van der Waals surface area contributed by atoms with Crippen molar-refractivity contribution in [3.63, 3.8) is 0 Å². The number of carbonyl (C=O) groups excluding carboxylic acids is 1. The molecule has 0 fully saturated rings. The normalized spacial score (nSPS) is 10.6. The minimum atomic E-state index is -0.115. The van der Waals surface area contributed by atoms with Gasteiger partial charge >= 0.3 is 0 Å². The third-order valence-corrected chi connectivity index (χ3v) is 5.65. The van der Waals surface area contributed by atoms with Crippen LogP contribution in [0.1, 0.15) is 34.8 Å². The zero-order chi connectivity index (χ0) is 21.7. The Kier molecular flexibility index (Phi) is 6.85. The molecule has 0 saturated carbocycles. The molecule has 0 bridgehead atoms. The molecule has 1 amide bonds. The molecule has 0 saturated heterocycles. The van der Waals surface area contributed by atoms with E-state index in [0.717, 1.165) is 38.9 Å². The van der Waals surface area contributed by atoms with E-state index in [2.05, 4.69) is 26.5 Å². The summed E-state index contributed by atoms with van der Waals surface area (Å²) in [4.78, 5) is 22.7. The number of nitriles is 1. The molecule has 154 valence electrons. The first-order chi connectivity index (χ1) is 14.4. The number of amides is 1. The maximum absolute atomic E-state index is 12.8. The van der Waals surface area contributed by atoms with Crippen molar-refractivity contribution in [2.45, 2.75) is 45.4 Å². The van der Waals surface area contributed by atoms with Crippen LogP contribution in [0, 0.1) is 39.0 Å². The Morgan fingerprint density at radius 1 is 1.17 bits per heavy atom. The van der Waals surface area contributed by atoms with E-state index in [-0.39, 0.29) is 12.3 Å². The Balaban J connectivity index is 1.79. The Morgan fingerprint density at radius 2 is 1.87 bits per heavy atom. The number of aromatic nitrogens is 4. The number of benzene rings is 1. The van der Waals surface area contributed by atoms with Gasteiger partial charge in [0.2, 0.25) is 5.91 Å². The molecular weight excluding hydrogens is 396 g/mol. The molecule has 3 aromatic rings. The fourth-order valence-electron chi connectivity index (χ4n) is 3.18. The number of hydrogen-bond acceptors (Lipinski definition) is 6. The third kappa shape index (κ3) is 5.05. The maximum atomic E-state index is 12.8. The predicted octanol–water partition coefficient (Wildman–Crippen LogP) is 4.08. The Labute approximate surface area is 180 Å². The largest absolute Gasteiger partial charge is 0.325 e. The van der Waals surface area contributed by atoms with Gasteiger partial charge in [-0.2, -0.15) is 10.4 Å². The minimum Gasteiger partial charge on any atom is -0.325 e. The quantitative estimate of drug-likeness (QED) is 0.457. The van der Waals surface area contributed by atoms with Gasteiger partial charge in [0.15, 0.2) is 0 Å². The average molecular weight is 421 g/mol. The predicted molar refractivity (Wildman–Crippen MR) is 118 cm³/mol.